The highest BCUT2D eigenvalue weighted by molar-refractivity contribution is 9.18. The van der Waals surface area contributed by atoms with Crippen molar-refractivity contribution < 1.29 is 0 Å². The number of rotatable bonds is 0. The summed E-state index contributed by atoms with van der Waals surface area (Å²) in [5.41, 5.74) is 5.48. The fraction of sp³-hybridized carbons (Fsp3) is 0.462. The Bertz CT molecular complexity index is 534. The number of fused-ring (bicyclic) bond motifs is 1. The monoisotopic (exact) mass is 419 g/mol. The molecule has 2 aliphatic rings. The molecule has 0 saturated carbocycles. The summed E-state index contributed by atoms with van der Waals surface area (Å²) in [5.74, 6) is 0.594. The van der Waals surface area contributed by atoms with E-state index in [1.165, 1.54) is 36.0 Å². The van der Waals surface area contributed by atoms with Gasteiger partial charge >= 0.3 is 0 Å². The Morgan fingerprint density at radius 3 is 2.65 bits per heavy atom. The molecule has 1 aromatic carbocycles. The van der Waals surface area contributed by atoms with Gasteiger partial charge in [-0.2, -0.15) is 0 Å². The minimum Gasteiger partial charge on any atom is -0.244 e. The third-order valence-electron chi connectivity index (χ3n) is 3.82. The van der Waals surface area contributed by atoms with Crippen LogP contribution in [0.5, 0.6) is 0 Å². The van der Waals surface area contributed by atoms with Gasteiger partial charge in [0.25, 0.3) is 0 Å². The van der Waals surface area contributed by atoms with Crippen molar-refractivity contribution in [2.75, 3.05) is 0 Å². The third-order valence-corrected chi connectivity index (χ3v) is 6.94. The van der Waals surface area contributed by atoms with Gasteiger partial charge < -0.3 is 0 Å². The molecule has 17 heavy (non-hydrogen) atoms. The molecule has 0 amide bonds. The topological polar surface area (TPSA) is 12.4 Å². The molecular weight excluding hydrogens is 410 g/mol. The number of halogens is 3. The van der Waals surface area contributed by atoms with E-state index in [1.54, 1.807) is 0 Å². The van der Waals surface area contributed by atoms with E-state index in [1.807, 2.05) is 0 Å². The molecule has 0 radical (unpaired) electrons. The van der Waals surface area contributed by atoms with E-state index in [0.717, 1.165) is 25.7 Å². The average molecular weight is 422 g/mol. The van der Waals surface area contributed by atoms with Crippen LogP contribution in [0.2, 0.25) is 0 Å². The molecule has 0 N–H and O–H groups in total. The van der Waals surface area contributed by atoms with Crippen molar-refractivity contribution in [2.45, 2.75) is 32.6 Å². The van der Waals surface area contributed by atoms with Gasteiger partial charge in [-0.05, 0) is 97.1 Å². The summed E-state index contributed by atoms with van der Waals surface area (Å²) in [5, 5.41) is 0. The third kappa shape index (κ3) is 1.87. The predicted molar refractivity (Wildman–Crippen MR) is 82.7 cm³/mol. The minimum atomic E-state index is 0.594. The van der Waals surface area contributed by atoms with Gasteiger partial charge in [-0.15, -0.1) is 0 Å². The van der Waals surface area contributed by atoms with Crippen molar-refractivity contribution in [2.24, 2.45) is 10.9 Å². The summed E-state index contributed by atoms with van der Waals surface area (Å²) in [6, 6.07) is 0. The van der Waals surface area contributed by atoms with Gasteiger partial charge in [0.05, 0.1) is 14.8 Å². The molecule has 0 saturated heterocycles. The van der Waals surface area contributed by atoms with Crippen molar-refractivity contribution >= 4 is 58.1 Å². The Hall–Kier alpha value is 0.330. The van der Waals surface area contributed by atoms with Crippen LogP contribution in [0.3, 0.4) is 0 Å². The highest BCUT2D eigenvalue weighted by Crippen LogP contribution is 2.47. The number of hydrogen-bond acceptors (Lipinski definition) is 1. The van der Waals surface area contributed by atoms with E-state index in [2.05, 4.69) is 54.7 Å². The van der Waals surface area contributed by atoms with Gasteiger partial charge in [0, 0.05) is 10.4 Å². The van der Waals surface area contributed by atoms with Gasteiger partial charge in [0.1, 0.15) is 0 Å². The number of aliphatic imine (C=N–C) groups is 1. The maximum absolute atomic E-state index is 4.76. The Balaban J connectivity index is 2.35. The molecule has 4 heteroatoms. The second kappa shape index (κ2) is 4.46. The summed E-state index contributed by atoms with van der Waals surface area (Å²) in [7, 11) is 0. The van der Waals surface area contributed by atoms with E-state index in [9.17, 15) is 0 Å². The first-order valence-corrected chi connectivity index (χ1v) is 8.21. The van der Waals surface area contributed by atoms with Crippen molar-refractivity contribution in [1.29, 1.82) is 0 Å². The largest absolute Gasteiger partial charge is 0.244 e. The number of nitrogens with zero attached hydrogens (tertiary/aromatic N) is 1. The molecule has 1 nitrogen and oxygen atoms in total. The van der Waals surface area contributed by atoms with Crippen molar-refractivity contribution in [3.63, 3.8) is 0 Å². The zero-order valence-corrected chi connectivity index (χ0v) is 14.2. The maximum atomic E-state index is 4.76. The first-order valence-electron chi connectivity index (χ1n) is 5.83. The smallest absolute Gasteiger partial charge is 0.0871 e. The van der Waals surface area contributed by atoms with Crippen LogP contribution in [0, 0.1) is 12.8 Å². The SMILES string of the molecule is Cc1c(Br)c(Br)c2c3c1CCCC(C3)C(Br)=N2. The zero-order valence-electron chi connectivity index (χ0n) is 9.49. The van der Waals surface area contributed by atoms with Crippen molar-refractivity contribution in [3.05, 3.63) is 25.6 Å². The van der Waals surface area contributed by atoms with Crippen molar-refractivity contribution in [3.8, 4) is 0 Å². The standard InChI is InChI=1S/C13H12Br3N/c1-6-8-4-2-3-7-5-9(8)12(17-13(7)16)11(15)10(6)14/h7H,2-5H2,1H3. The van der Waals surface area contributed by atoms with Crippen LogP contribution in [-0.2, 0) is 12.8 Å². The maximum Gasteiger partial charge on any atom is 0.0871 e. The second-order valence-electron chi connectivity index (χ2n) is 4.79. The normalized spacial score (nSPS) is 22.1. The fourth-order valence-electron chi connectivity index (χ4n) is 2.85. The van der Waals surface area contributed by atoms with Gasteiger partial charge in [-0.25, -0.2) is 4.99 Å². The van der Waals surface area contributed by atoms with Crippen LogP contribution in [0.4, 0.5) is 5.69 Å². The molecule has 1 aliphatic heterocycles. The molecular formula is C13H12Br3N. The molecule has 1 atom stereocenters. The molecule has 90 valence electrons. The molecule has 1 unspecified atom stereocenters. The van der Waals surface area contributed by atoms with E-state index in [-0.39, 0.29) is 0 Å². The molecule has 1 aromatic rings. The number of benzene rings is 1. The highest BCUT2D eigenvalue weighted by atomic mass is 79.9. The average Bonchev–Trinajstić information content (AvgIpc) is 2.51. The van der Waals surface area contributed by atoms with Gasteiger partial charge in [-0.3, -0.25) is 0 Å². The molecule has 1 aliphatic carbocycles. The summed E-state index contributed by atoms with van der Waals surface area (Å²) in [6.07, 6.45) is 4.83. The van der Waals surface area contributed by atoms with Gasteiger partial charge in [0.2, 0.25) is 0 Å². The van der Waals surface area contributed by atoms with E-state index in [0.29, 0.717) is 5.92 Å². The lowest BCUT2D eigenvalue weighted by molar-refractivity contribution is 0.615. The Morgan fingerprint density at radius 2 is 1.88 bits per heavy atom. The first-order chi connectivity index (χ1) is 8.09. The predicted octanol–water partition coefficient (Wildman–Crippen LogP) is 5.45. The van der Waals surface area contributed by atoms with E-state index in [4.69, 9.17) is 4.99 Å². The lowest BCUT2D eigenvalue weighted by atomic mass is 9.92. The van der Waals surface area contributed by atoms with Gasteiger partial charge in [-0.1, -0.05) is 0 Å². The fourth-order valence-corrected chi connectivity index (χ4v) is 4.47. The molecule has 1 heterocycles. The molecule has 2 bridgehead atoms. The van der Waals surface area contributed by atoms with E-state index < -0.39 is 0 Å². The summed E-state index contributed by atoms with van der Waals surface area (Å²) in [4.78, 5) is 4.76. The van der Waals surface area contributed by atoms with Crippen LogP contribution in [0.1, 0.15) is 29.5 Å². The summed E-state index contributed by atoms with van der Waals surface area (Å²) < 4.78 is 3.39. The molecule has 0 fully saturated rings. The summed E-state index contributed by atoms with van der Waals surface area (Å²) in [6.45, 7) is 2.21. The lowest BCUT2D eigenvalue weighted by Gasteiger charge is -2.23. The van der Waals surface area contributed by atoms with Crippen LogP contribution >= 0.6 is 47.8 Å². The van der Waals surface area contributed by atoms with Gasteiger partial charge in [0.15, 0.2) is 0 Å². The van der Waals surface area contributed by atoms with E-state index >= 15 is 0 Å². The first kappa shape index (κ1) is 12.4. The highest BCUT2D eigenvalue weighted by Gasteiger charge is 2.29. The number of hydrogen-bond donors (Lipinski definition) is 0. The van der Waals surface area contributed by atoms with Crippen LogP contribution in [0.15, 0.2) is 13.9 Å². The second-order valence-corrected chi connectivity index (χ2v) is 7.18. The summed E-state index contributed by atoms with van der Waals surface area (Å²) >= 11 is 11.0. The Labute approximate surface area is 126 Å². The molecule has 0 aromatic heterocycles. The van der Waals surface area contributed by atoms with Crippen LogP contribution in [-0.4, -0.2) is 4.62 Å². The Morgan fingerprint density at radius 1 is 1.12 bits per heavy atom. The molecule has 3 rings (SSSR count). The lowest BCUT2D eigenvalue weighted by Crippen LogP contribution is -2.15. The minimum absolute atomic E-state index is 0.594. The molecule has 0 spiro atoms. The van der Waals surface area contributed by atoms with Crippen LogP contribution < -0.4 is 0 Å². The van der Waals surface area contributed by atoms with Crippen molar-refractivity contribution in [1.82, 2.24) is 0 Å². The Kier molecular flexibility index (Phi) is 3.25. The van der Waals surface area contributed by atoms with Crippen LogP contribution in [0.25, 0.3) is 0 Å². The zero-order chi connectivity index (χ0) is 12.2. The quantitative estimate of drug-likeness (QED) is 0.528.